The summed E-state index contributed by atoms with van der Waals surface area (Å²) in [6.45, 7) is 0. The Bertz CT molecular complexity index is 284. The van der Waals surface area contributed by atoms with E-state index in [2.05, 4.69) is 9.84 Å². The van der Waals surface area contributed by atoms with Gasteiger partial charge in [-0.3, -0.25) is 0 Å². The Balaban J connectivity index is 2.07. The SMILES string of the molecule is NN(c1ncco1)N1N=[P+]1[O-]. The van der Waals surface area contributed by atoms with Crippen LogP contribution in [0.4, 0.5) is 6.01 Å². The van der Waals surface area contributed by atoms with E-state index in [1.54, 1.807) is 0 Å². The van der Waals surface area contributed by atoms with Crippen LogP contribution >= 0.6 is 8.09 Å². The van der Waals surface area contributed by atoms with E-state index < -0.39 is 8.09 Å². The standard InChI is InChI=1S/C3H4N5O2P/c4-7(8-6-11(8)9)3-5-1-2-10-3/h1-2H,4H2. The van der Waals surface area contributed by atoms with Crippen LogP contribution in [0.15, 0.2) is 21.7 Å². The summed E-state index contributed by atoms with van der Waals surface area (Å²) in [6.07, 6.45) is 2.80. The van der Waals surface area contributed by atoms with E-state index in [1.807, 2.05) is 0 Å². The molecule has 1 aliphatic heterocycles. The van der Waals surface area contributed by atoms with Crippen LogP contribution in [0.3, 0.4) is 0 Å². The minimum absolute atomic E-state index is 0.162. The molecule has 0 aromatic carbocycles. The highest BCUT2D eigenvalue weighted by atomic mass is 31.1. The van der Waals surface area contributed by atoms with Crippen molar-refractivity contribution in [3.63, 3.8) is 0 Å². The number of rotatable bonds is 2. The van der Waals surface area contributed by atoms with Crippen molar-refractivity contribution in [3.05, 3.63) is 12.5 Å². The molecule has 0 amide bonds. The lowest BCUT2D eigenvalue weighted by molar-refractivity contribution is -0.155. The fraction of sp³-hybridized carbons (Fsp3) is 0. The van der Waals surface area contributed by atoms with Crippen molar-refractivity contribution in [1.82, 2.24) is 9.87 Å². The van der Waals surface area contributed by atoms with Crippen molar-refractivity contribution in [2.75, 3.05) is 5.12 Å². The molecule has 2 unspecified atom stereocenters. The predicted octanol–water partition coefficient (Wildman–Crippen LogP) is -0.644. The number of hydrogen-bond acceptors (Lipinski definition) is 7. The molecule has 0 saturated carbocycles. The minimum Gasteiger partial charge on any atom is -0.590 e. The average molecular weight is 173 g/mol. The number of aromatic nitrogens is 1. The zero-order valence-electron chi connectivity index (χ0n) is 5.28. The summed E-state index contributed by atoms with van der Waals surface area (Å²) < 4.78 is 4.80. The number of hydrogen-bond donors (Lipinski definition) is 1. The second kappa shape index (κ2) is 2.24. The number of anilines is 1. The Morgan fingerprint density at radius 1 is 1.82 bits per heavy atom. The van der Waals surface area contributed by atoms with Gasteiger partial charge in [-0.1, -0.05) is 0 Å². The van der Waals surface area contributed by atoms with Gasteiger partial charge in [0.05, 0.1) is 11.1 Å². The molecule has 0 saturated heterocycles. The molecule has 2 N–H and O–H groups in total. The number of nitrogens with two attached hydrogens (primary N) is 1. The summed E-state index contributed by atoms with van der Waals surface area (Å²) in [6, 6.07) is 0.162. The molecule has 1 aromatic heterocycles. The minimum atomic E-state index is -1.67. The first kappa shape index (κ1) is 6.68. The van der Waals surface area contributed by atoms with Gasteiger partial charge in [0, 0.05) is 0 Å². The van der Waals surface area contributed by atoms with Gasteiger partial charge in [0.1, 0.15) is 6.26 Å². The maximum absolute atomic E-state index is 10.5. The van der Waals surface area contributed by atoms with E-state index in [0.29, 0.717) is 0 Å². The highest BCUT2D eigenvalue weighted by Gasteiger charge is 2.40. The molecule has 0 spiro atoms. The van der Waals surface area contributed by atoms with Gasteiger partial charge in [0.25, 0.3) is 0 Å². The van der Waals surface area contributed by atoms with Crippen LogP contribution in [-0.4, -0.2) is 9.87 Å². The molecule has 2 heterocycles. The van der Waals surface area contributed by atoms with Crippen molar-refractivity contribution >= 4 is 14.1 Å². The van der Waals surface area contributed by atoms with Gasteiger partial charge in [-0.25, -0.2) is 5.84 Å². The zero-order valence-corrected chi connectivity index (χ0v) is 6.18. The highest BCUT2D eigenvalue weighted by Crippen LogP contribution is 2.40. The Morgan fingerprint density at radius 3 is 3.00 bits per heavy atom. The van der Waals surface area contributed by atoms with Gasteiger partial charge >= 0.3 is 14.1 Å². The molecule has 0 radical (unpaired) electrons. The first-order valence-electron chi connectivity index (χ1n) is 2.72. The normalized spacial score (nSPS) is 24.5. The van der Waals surface area contributed by atoms with E-state index in [-0.39, 0.29) is 6.01 Å². The van der Waals surface area contributed by atoms with E-state index >= 15 is 0 Å². The second-order valence-corrected chi connectivity index (χ2v) is 2.81. The topological polar surface area (TPSA) is 93.7 Å². The van der Waals surface area contributed by atoms with Crippen LogP contribution in [0.2, 0.25) is 0 Å². The quantitative estimate of drug-likeness (QED) is 0.363. The van der Waals surface area contributed by atoms with Crippen molar-refractivity contribution in [3.8, 4) is 0 Å². The van der Waals surface area contributed by atoms with Gasteiger partial charge in [-0.2, -0.15) is 4.98 Å². The number of nitrogens with zero attached hydrogens (tertiary/aromatic N) is 4. The lowest BCUT2D eigenvalue weighted by Crippen LogP contribution is -2.36. The largest absolute Gasteiger partial charge is 0.590 e. The summed E-state index contributed by atoms with van der Waals surface area (Å²) in [5.41, 5.74) is 0. The maximum Gasteiger partial charge on any atom is 0.342 e. The van der Waals surface area contributed by atoms with Gasteiger partial charge in [-0.15, -0.1) is 5.12 Å². The molecule has 7 nitrogen and oxygen atoms in total. The van der Waals surface area contributed by atoms with Gasteiger partial charge in [0.2, 0.25) is 0 Å². The molecule has 1 aliphatic rings. The first-order chi connectivity index (χ1) is 5.29. The number of oxazole rings is 1. The smallest absolute Gasteiger partial charge is 0.342 e. The van der Waals surface area contributed by atoms with Crippen LogP contribution in [0.1, 0.15) is 0 Å². The van der Waals surface area contributed by atoms with Gasteiger partial charge in [-0.05, 0) is 0 Å². The fourth-order valence-corrected chi connectivity index (χ4v) is 1.11. The van der Waals surface area contributed by atoms with Crippen LogP contribution < -0.4 is 15.9 Å². The van der Waals surface area contributed by atoms with Crippen LogP contribution in [0, 0.1) is 0 Å². The lowest BCUT2D eigenvalue weighted by atomic mass is 11.0. The second-order valence-electron chi connectivity index (χ2n) is 1.77. The monoisotopic (exact) mass is 173 g/mol. The van der Waals surface area contributed by atoms with Crippen molar-refractivity contribution < 1.29 is 9.31 Å². The predicted molar refractivity (Wildman–Crippen MR) is 34.4 cm³/mol. The Hall–Kier alpha value is -1.01. The van der Waals surface area contributed by atoms with Crippen LogP contribution in [0.25, 0.3) is 0 Å². The average Bonchev–Trinajstić information content (AvgIpc) is 2.56. The van der Waals surface area contributed by atoms with E-state index in [1.165, 1.54) is 12.5 Å². The Kier molecular flexibility index (Phi) is 1.36. The van der Waals surface area contributed by atoms with Crippen LogP contribution in [-0.2, 0) is 0 Å². The third kappa shape index (κ3) is 1.10. The summed E-state index contributed by atoms with van der Waals surface area (Å²) in [4.78, 5) is 18.8. The molecule has 1 aromatic rings. The van der Waals surface area contributed by atoms with E-state index in [4.69, 9.17) is 10.3 Å². The molecule has 0 aliphatic carbocycles. The highest BCUT2D eigenvalue weighted by molar-refractivity contribution is 7.41. The Morgan fingerprint density at radius 2 is 2.55 bits per heavy atom. The van der Waals surface area contributed by atoms with Crippen LogP contribution in [0.5, 0.6) is 0 Å². The Labute approximate surface area is 62.6 Å². The molecule has 11 heavy (non-hydrogen) atoms. The first-order valence-corrected chi connectivity index (χ1v) is 3.88. The zero-order chi connectivity index (χ0) is 7.84. The molecule has 8 heteroatoms. The molecule has 2 atom stereocenters. The van der Waals surface area contributed by atoms with Gasteiger partial charge < -0.3 is 9.31 Å². The summed E-state index contributed by atoms with van der Waals surface area (Å²) in [7, 11) is -1.67. The third-order valence-corrected chi connectivity index (χ3v) is 1.84. The van der Waals surface area contributed by atoms with Gasteiger partial charge in [0.15, 0.2) is 4.89 Å². The third-order valence-electron chi connectivity index (χ3n) is 1.09. The van der Waals surface area contributed by atoms with Crippen molar-refractivity contribution in [1.29, 1.82) is 0 Å². The van der Waals surface area contributed by atoms with Crippen molar-refractivity contribution in [2.24, 2.45) is 10.7 Å². The summed E-state index contributed by atoms with van der Waals surface area (Å²) >= 11 is 0. The van der Waals surface area contributed by atoms with E-state index in [9.17, 15) is 4.89 Å². The fourth-order valence-electron chi connectivity index (χ4n) is 0.582. The molecular formula is C3H4N5O2P. The molecule has 2 rings (SSSR count). The van der Waals surface area contributed by atoms with E-state index in [0.717, 1.165) is 10.0 Å². The molecule has 0 fully saturated rings. The molecule has 58 valence electrons. The lowest BCUT2D eigenvalue weighted by Gasteiger charge is -2.05. The maximum atomic E-state index is 10.5. The van der Waals surface area contributed by atoms with Crippen molar-refractivity contribution in [2.45, 2.75) is 0 Å². The number of hydrazine groups is 2. The molecule has 0 bridgehead atoms. The molecular weight excluding hydrogens is 169 g/mol. The summed E-state index contributed by atoms with van der Waals surface area (Å²) in [5.74, 6) is 5.36. The summed E-state index contributed by atoms with van der Waals surface area (Å²) in [5, 5.41) is 0.985.